The third kappa shape index (κ3) is 3.30. The van der Waals surface area contributed by atoms with Crippen molar-refractivity contribution in [3.63, 3.8) is 0 Å². The molecule has 0 aliphatic carbocycles. The van der Waals surface area contributed by atoms with Crippen molar-refractivity contribution in [2.75, 3.05) is 6.67 Å². The summed E-state index contributed by atoms with van der Waals surface area (Å²) in [5.41, 5.74) is 1.81. The fourth-order valence-corrected chi connectivity index (χ4v) is 0.200. The van der Waals surface area contributed by atoms with Gasteiger partial charge in [0.1, 0.15) is 6.67 Å². The molecule has 3 nitrogen and oxygen atoms in total. The quantitative estimate of drug-likeness (QED) is 0.222. The third-order valence-corrected chi connectivity index (χ3v) is 0.501. The second-order valence-electron chi connectivity index (χ2n) is 1.07. The summed E-state index contributed by atoms with van der Waals surface area (Å²) in [6.07, 6.45) is 2.10. The Kier molecular flexibility index (Phi) is 3.78. The van der Waals surface area contributed by atoms with Crippen LogP contribution in [0.1, 0.15) is 0 Å². The monoisotopic (exact) mass is 118 g/mol. The molecular formula is C4H7FN2O. The highest BCUT2D eigenvalue weighted by Crippen LogP contribution is 1.71. The minimum absolute atomic E-state index is 0.498. The number of alkyl halides is 1. The Bertz CT molecular complexity index is 102. The van der Waals surface area contributed by atoms with Crippen LogP contribution in [0.2, 0.25) is 0 Å². The minimum Gasteiger partial charge on any atom is -0.291 e. The predicted molar refractivity (Wildman–Crippen MR) is 27.4 cm³/mol. The second kappa shape index (κ2) is 4.26. The second-order valence-corrected chi connectivity index (χ2v) is 1.07. The first-order valence-corrected chi connectivity index (χ1v) is 2.04. The molecule has 0 saturated carbocycles. The lowest BCUT2D eigenvalue weighted by atomic mass is 10.5. The van der Waals surface area contributed by atoms with E-state index in [9.17, 15) is 9.18 Å². The molecule has 0 atom stereocenters. The molecule has 0 unspecified atom stereocenters. The molecule has 0 aromatic rings. The van der Waals surface area contributed by atoms with E-state index in [0.29, 0.717) is 0 Å². The maximum atomic E-state index is 11.2. The maximum absolute atomic E-state index is 11.2. The van der Waals surface area contributed by atoms with Gasteiger partial charge in [-0.2, -0.15) is 0 Å². The Morgan fingerprint density at radius 1 is 1.88 bits per heavy atom. The fraction of sp³-hybridized carbons (Fsp3) is 0.250. The van der Waals surface area contributed by atoms with Gasteiger partial charge in [0.25, 0.3) is 5.91 Å². The summed E-state index contributed by atoms with van der Waals surface area (Å²) in [7, 11) is 0. The molecule has 0 aromatic heterocycles. The van der Waals surface area contributed by atoms with Gasteiger partial charge < -0.3 is 0 Å². The van der Waals surface area contributed by atoms with Gasteiger partial charge in [-0.1, -0.05) is 0 Å². The third-order valence-electron chi connectivity index (χ3n) is 0.501. The van der Waals surface area contributed by atoms with Crippen molar-refractivity contribution < 1.29 is 9.18 Å². The fourth-order valence-electron chi connectivity index (χ4n) is 0.200. The normalized spacial score (nSPS) is 9.75. The van der Waals surface area contributed by atoms with Gasteiger partial charge in [-0.05, 0) is 6.08 Å². The number of nitrogens with one attached hydrogen (secondary N) is 1. The summed E-state index contributed by atoms with van der Waals surface area (Å²) in [5, 5.41) is 0. The topological polar surface area (TPSA) is 55.1 Å². The molecule has 0 aromatic carbocycles. The van der Waals surface area contributed by atoms with E-state index in [1.807, 2.05) is 5.43 Å². The Hall–Kier alpha value is -0.900. The van der Waals surface area contributed by atoms with Crippen LogP contribution in [-0.4, -0.2) is 12.6 Å². The Labute approximate surface area is 46.3 Å². The van der Waals surface area contributed by atoms with Crippen LogP contribution in [0, 0.1) is 0 Å². The van der Waals surface area contributed by atoms with Gasteiger partial charge in [-0.3, -0.25) is 10.2 Å². The van der Waals surface area contributed by atoms with E-state index < -0.39 is 12.6 Å². The van der Waals surface area contributed by atoms with Crippen molar-refractivity contribution in [3.05, 3.63) is 12.2 Å². The Morgan fingerprint density at radius 2 is 2.50 bits per heavy atom. The number of nitrogens with two attached hydrogens (primary N) is 1. The average molecular weight is 118 g/mol. The van der Waals surface area contributed by atoms with E-state index in [0.717, 1.165) is 12.2 Å². The molecule has 0 bridgehead atoms. The number of rotatable bonds is 2. The SMILES string of the molecule is NNC(=O)C=CCF. The van der Waals surface area contributed by atoms with Crippen LogP contribution >= 0.6 is 0 Å². The van der Waals surface area contributed by atoms with E-state index in [2.05, 4.69) is 5.84 Å². The number of amides is 1. The minimum atomic E-state index is -0.645. The van der Waals surface area contributed by atoms with Crippen molar-refractivity contribution in [1.82, 2.24) is 5.43 Å². The first-order valence-electron chi connectivity index (χ1n) is 2.04. The zero-order chi connectivity index (χ0) is 6.41. The number of carbonyl (C=O) groups is 1. The Morgan fingerprint density at radius 3 is 2.88 bits per heavy atom. The first kappa shape index (κ1) is 7.10. The lowest BCUT2D eigenvalue weighted by Crippen LogP contribution is -2.27. The van der Waals surface area contributed by atoms with Crippen molar-refractivity contribution >= 4 is 5.91 Å². The zero-order valence-corrected chi connectivity index (χ0v) is 4.23. The van der Waals surface area contributed by atoms with Crippen LogP contribution in [0.25, 0.3) is 0 Å². The van der Waals surface area contributed by atoms with Gasteiger partial charge in [-0.25, -0.2) is 10.2 Å². The smallest absolute Gasteiger partial charge is 0.257 e. The van der Waals surface area contributed by atoms with Crippen LogP contribution in [-0.2, 0) is 4.79 Å². The van der Waals surface area contributed by atoms with Crippen LogP contribution in [0.4, 0.5) is 4.39 Å². The predicted octanol–water partition coefficient (Wildman–Crippen LogP) is -0.498. The first-order chi connectivity index (χ1) is 3.81. The number of allylic oxidation sites excluding steroid dienone is 1. The van der Waals surface area contributed by atoms with E-state index in [1.54, 1.807) is 0 Å². The van der Waals surface area contributed by atoms with Gasteiger partial charge in [0, 0.05) is 6.08 Å². The van der Waals surface area contributed by atoms with Crippen LogP contribution < -0.4 is 11.3 Å². The largest absolute Gasteiger partial charge is 0.291 e. The van der Waals surface area contributed by atoms with Crippen LogP contribution in [0.3, 0.4) is 0 Å². The summed E-state index contributed by atoms with van der Waals surface area (Å²) in [6.45, 7) is -0.645. The highest BCUT2D eigenvalue weighted by molar-refractivity contribution is 5.86. The van der Waals surface area contributed by atoms with Gasteiger partial charge >= 0.3 is 0 Å². The molecule has 4 heteroatoms. The number of hydrogen-bond donors (Lipinski definition) is 2. The van der Waals surface area contributed by atoms with Gasteiger partial charge in [0.15, 0.2) is 0 Å². The highest BCUT2D eigenvalue weighted by Gasteiger charge is 1.84. The van der Waals surface area contributed by atoms with E-state index in [-0.39, 0.29) is 0 Å². The molecule has 0 heterocycles. The van der Waals surface area contributed by atoms with Gasteiger partial charge in [-0.15, -0.1) is 0 Å². The molecule has 0 fully saturated rings. The maximum Gasteiger partial charge on any atom is 0.257 e. The van der Waals surface area contributed by atoms with Crippen molar-refractivity contribution in [2.45, 2.75) is 0 Å². The molecule has 0 saturated heterocycles. The molecule has 0 aliphatic rings. The van der Waals surface area contributed by atoms with Crippen LogP contribution in [0.5, 0.6) is 0 Å². The summed E-state index contributed by atoms with van der Waals surface area (Å²) < 4.78 is 11.2. The molecule has 0 spiro atoms. The number of halogens is 1. The van der Waals surface area contributed by atoms with E-state index >= 15 is 0 Å². The number of hydrazine groups is 1. The summed E-state index contributed by atoms with van der Waals surface area (Å²) in [5.74, 6) is 4.14. The average Bonchev–Trinajstić information content (AvgIpc) is 1.83. The summed E-state index contributed by atoms with van der Waals surface area (Å²) in [4.78, 5) is 10.1. The summed E-state index contributed by atoms with van der Waals surface area (Å²) in [6, 6.07) is 0. The zero-order valence-electron chi connectivity index (χ0n) is 4.23. The Balaban J connectivity index is 3.37. The van der Waals surface area contributed by atoms with Crippen LogP contribution in [0.15, 0.2) is 12.2 Å². The molecule has 0 radical (unpaired) electrons. The number of carbonyl (C=O) groups excluding carboxylic acids is 1. The summed E-state index contributed by atoms with van der Waals surface area (Å²) >= 11 is 0. The molecule has 0 rings (SSSR count). The van der Waals surface area contributed by atoms with Crippen molar-refractivity contribution in [2.24, 2.45) is 5.84 Å². The number of hydrogen-bond acceptors (Lipinski definition) is 2. The molecule has 3 N–H and O–H groups in total. The van der Waals surface area contributed by atoms with E-state index in [1.165, 1.54) is 0 Å². The molecule has 0 aliphatic heterocycles. The molecule has 46 valence electrons. The van der Waals surface area contributed by atoms with Gasteiger partial charge in [0.2, 0.25) is 0 Å². The van der Waals surface area contributed by atoms with Gasteiger partial charge in [0.05, 0.1) is 0 Å². The molecule has 1 amide bonds. The van der Waals surface area contributed by atoms with Crippen molar-refractivity contribution in [1.29, 1.82) is 0 Å². The van der Waals surface area contributed by atoms with Crippen molar-refractivity contribution in [3.8, 4) is 0 Å². The lowest BCUT2D eigenvalue weighted by Gasteiger charge is -1.85. The van der Waals surface area contributed by atoms with E-state index in [4.69, 9.17) is 0 Å². The standard InChI is InChI=1S/C4H7FN2O/c5-3-1-2-4(8)7-6/h1-2H,3,6H2,(H,7,8). The molecular weight excluding hydrogens is 111 g/mol. The highest BCUT2D eigenvalue weighted by atomic mass is 19.1. The lowest BCUT2D eigenvalue weighted by molar-refractivity contribution is -0.116. The molecule has 8 heavy (non-hydrogen) atoms.